The fraction of sp³-hybridized carbons (Fsp3) is 0.474. The number of nitrogens with zero attached hydrogens (tertiary/aromatic N) is 2. The van der Waals surface area contributed by atoms with Crippen molar-refractivity contribution in [3.63, 3.8) is 0 Å². The van der Waals surface area contributed by atoms with E-state index in [1.807, 2.05) is 30.3 Å². The molecule has 6 nitrogen and oxygen atoms in total. The summed E-state index contributed by atoms with van der Waals surface area (Å²) >= 11 is 0. The second kappa shape index (κ2) is 5.68. The molecule has 0 bridgehead atoms. The van der Waals surface area contributed by atoms with Crippen molar-refractivity contribution in [3.8, 4) is 0 Å². The van der Waals surface area contributed by atoms with Crippen LogP contribution in [0.1, 0.15) is 33.6 Å². The number of carbonyl (C=O) groups is 1. The van der Waals surface area contributed by atoms with Crippen LogP contribution in [0.3, 0.4) is 0 Å². The monoisotopic (exact) mass is 342 g/mol. The Morgan fingerprint density at radius 1 is 1.36 bits per heavy atom. The van der Waals surface area contributed by atoms with Crippen LogP contribution in [-0.4, -0.2) is 51.8 Å². The molecule has 132 valence electrons. The molecular formula is C19H22N2O4. The number of aromatic nitrogens is 1. The number of β-amino-alcohol motifs (C(OH)–C–C–N with tert-alkyl or cyclic N) is 1. The summed E-state index contributed by atoms with van der Waals surface area (Å²) in [5.41, 5.74) is 1.18. The van der Waals surface area contributed by atoms with E-state index in [4.69, 9.17) is 4.42 Å². The van der Waals surface area contributed by atoms with E-state index in [0.29, 0.717) is 18.1 Å². The maximum atomic E-state index is 12.8. The minimum absolute atomic E-state index is 0.000898. The summed E-state index contributed by atoms with van der Waals surface area (Å²) in [6.07, 6.45) is -0.664. The quantitative estimate of drug-likeness (QED) is 0.883. The number of aliphatic hydroxyl groups excluding tert-OH is 2. The van der Waals surface area contributed by atoms with E-state index in [0.717, 1.165) is 5.56 Å². The highest BCUT2D eigenvalue weighted by Gasteiger charge is 2.71. The molecule has 2 fully saturated rings. The number of hydrogen-bond acceptors (Lipinski definition) is 5. The van der Waals surface area contributed by atoms with Crippen LogP contribution in [0.25, 0.3) is 0 Å². The second-order valence-corrected chi connectivity index (χ2v) is 7.14. The number of hydrogen-bond donors (Lipinski definition) is 2. The number of likely N-dealkylation sites (tertiary alicyclic amines) is 1. The van der Waals surface area contributed by atoms with Gasteiger partial charge in [-0.15, -0.1) is 0 Å². The van der Waals surface area contributed by atoms with Crippen molar-refractivity contribution in [1.82, 2.24) is 9.88 Å². The third-order valence-corrected chi connectivity index (χ3v) is 5.78. The van der Waals surface area contributed by atoms with Gasteiger partial charge in [-0.2, -0.15) is 0 Å². The zero-order valence-corrected chi connectivity index (χ0v) is 14.3. The Hall–Kier alpha value is -2.18. The minimum Gasteiger partial charge on any atom is -0.436 e. The first-order valence-electron chi connectivity index (χ1n) is 8.56. The molecule has 0 unspecified atom stereocenters. The number of benzene rings is 1. The Balaban J connectivity index is 1.61. The molecule has 4 atom stereocenters. The lowest BCUT2D eigenvalue weighted by molar-refractivity contribution is 0.0731. The topological polar surface area (TPSA) is 86.8 Å². The fourth-order valence-corrected chi connectivity index (χ4v) is 4.60. The van der Waals surface area contributed by atoms with Crippen LogP contribution in [0.5, 0.6) is 0 Å². The molecule has 6 heteroatoms. The molecular weight excluding hydrogens is 320 g/mol. The smallest absolute Gasteiger partial charge is 0.291 e. The number of aliphatic hydroxyl groups is 2. The highest BCUT2D eigenvalue weighted by Crippen LogP contribution is 2.68. The Bertz CT molecular complexity index is 803. The normalized spacial score (nSPS) is 30.9. The summed E-state index contributed by atoms with van der Waals surface area (Å²) in [4.78, 5) is 18.6. The van der Waals surface area contributed by atoms with Crippen molar-refractivity contribution in [2.24, 2.45) is 11.3 Å². The molecule has 4 rings (SSSR count). The van der Waals surface area contributed by atoms with Crippen LogP contribution in [-0.2, 0) is 0 Å². The van der Waals surface area contributed by atoms with Crippen molar-refractivity contribution < 1.29 is 19.4 Å². The zero-order chi connectivity index (χ0) is 17.8. The van der Waals surface area contributed by atoms with E-state index >= 15 is 0 Å². The predicted octanol–water partition coefficient (Wildman–Crippen LogP) is 1.50. The van der Waals surface area contributed by atoms with Gasteiger partial charge in [0, 0.05) is 32.0 Å². The molecule has 25 heavy (non-hydrogen) atoms. The fourth-order valence-electron chi connectivity index (χ4n) is 4.60. The van der Waals surface area contributed by atoms with Crippen molar-refractivity contribution >= 4 is 5.91 Å². The first-order valence-corrected chi connectivity index (χ1v) is 8.56. The van der Waals surface area contributed by atoms with Gasteiger partial charge in [-0.3, -0.25) is 4.79 Å². The van der Waals surface area contributed by atoms with Gasteiger partial charge < -0.3 is 19.5 Å². The van der Waals surface area contributed by atoms with Crippen LogP contribution in [0, 0.1) is 25.2 Å². The Kier molecular flexibility index (Phi) is 3.70. The van der Waals surface area contributed by atoms with Gasteiger partial charge in [0.15, 0.2) is 5.89 Å². The summed E-state index contributed by atoms with van der Waals surface area (Å²) < 4.78 is 5.44. The van der Waals surface area contributed by atoms with E-state index in [-0.39, 0.29) is 36.7 Å². The zero-order valence-electron chi connectivity index (χ0n) is 14.3. The van der Waals surface area contributed by atoms with Crippen LogP contribution < -0.4 is 0 Å². The second-order valence-electron chi connectivity index (χ2n) is 7.14. The Labute approximate surface area is 146 Å². The maximum absolute atomic E-state index is 12.8. The standard InChI is InChI=1S/C19H22N2O4/c1-11-17(25-12(2)20-11)18(24)21-8-15(23)19(10-21)14(9-22)16(19)13-6-4-3-5-7-13/h3-7,14-16,22-23H,8-10H2,1-2H3/t14-,15-,16-,19-/m1/s1. The molecule has 1 amide bonds. The first-order chi connectivity index (χ1) is 12.0. The third-order valence-electron chi connectivity index (χ3n) is 5.78. The van der Waals surface area contributed by atoms with Gasteiger partial charge in [-0.25, -0.2) is 4.98 Å². The third kappa shape index (κ3) is 2.32. The largest absolute Gasteiger partial charge is 0.436 e. The first kappa shape index (κ1) is 16.3. The van der Waals surface area contributed by atoms with E-state index in [1.54, 1.807) is 18.7 Å². The summed E-state index contributed by atoms with van der Waals surface area (Å²) in [6, 6.07) is 9.90. The van der Waals surface area contributed by atoms with Gasteiger partial charge in [0.25, 0.3) is 5.91 Å². The van der Waals surface area contributed by atoms with Gasteiger partial charge >= 0.3 is 0 Å². The number of oxazole rings is 1. The van der Waals surface area contributed by atoms with Gasteiger partial charge in [-0.05, 0) is 24.3 Å². The van der Waals surface area contributed by atoms with Gasteiger partial charge in [0.05, 0.1) is 11.8 Å². The van der Waals surface area contributed by atoms with Crippen LogP contribution in [0.4, 0.5) is 0 Å². The molecule has 1 spiro atoms. The summed E-state index contributed by atoms with van der Waals surface area (Å²) in [7, 11) is 0. The highest BCUT2D eigenvalue weighted by atomic mass is 16.4. The lowest BCUT2D eigenvalue weighted by Gasteiger charge is -2.15. The average molecular weight is 342 g/mol. The Morgan fingerprint density at radius 3 is 2.68 bits per heavy atom. The number of carbonyl (C=O) groups excluding carboxylic acids is 1. The van der Waals surface area contributed by atoms with Crippen molar-refractivity contribution in [2.45, 2.75) is 25.9 Å². The van der Waals surface area contributed by atoms with Crippen LogP contribution >= 0.6 is 0 Å². The van der Waals surface area contributed by atoms with Gasteiger partial charge in [-0.1, -0.05) is 30.3 Å². The summed E-state index contributed by atoms with van der Waals surface area (Å²) in [6.45, 7) is 4.11. The molecule has 1 saturated carbocycles. The Morgan fingerprint density at radius 2 is 2.08 bits per heavy atom. The molecule has 1 aliphatic carbocycles. The predicted molar refractivity (Wildman–Crippen MR) is 90.1 cm³/mol. The molecule has 2 aliphatic rings. The molecule has 1 aromatic heterocycles. The molecule has 2 aromatic rings. The lowest BCUT2D eigenvalue weighted by Crippen LogP contribution is -2.30. The molecule has 1 saturated heterocycles. The molecule has 0 radical (unpaired) electrons. The van der Waals surface area contributed by atoms with E-state index in [2.05, 4.69) is 4.98 Å². The van der Waals surface area contributed by atoms with Crippen LogP contribution in [0.2, 0.25) is 0 Å². The molecule has 1 aliphatic heterocycles. The number of aryl methyl sites for hydroxylation is 2. The van der Waals surface area contributed by atoms with Crippen molar-refractivity contribution in [1.29, 1.82) is 0 Å². The van der Waals surface area contributed by atoms with E-state index in [1.165, 1.54) is 0 Å². The highest BCUT2D eigenvalue weighted by molar-refractivity contribution is 5.92. The van der Waals surface area contributed by atoms with Crippen molar-refractivity contribution in [2.75, 3.05) is 19.7 Å². The van der Waals surface area contributed by atoms with E-state index < -0.39 is 11.5 Å². The maximum Gasteiger partial charge on any atom is 0.291 e. The van der Waals surface area contributed by atoms with E-state index in [9.17, 15) is 15.0 Å². The molecule has 1 aromatic carbocycles. The lowest BCUT2D eigenvalue weighted by atomic mass is 9.95. The van der Waals surface area contributed by atoms with Crippen molar-refractivity contribution in [3.05, 3.63) is 53.2 Å². The van der Waals surface area contributed by atoms with Crippen LogP contribution in [0.15, 0.2) is 34.7 Å². The van der Waals surface area contributed by atoms with Gasteiger partial charge in [0.2, 0.25) is 5.76 Å². The average Bonchev–Trinajstić information content (AvgIpc) is 2.95. The van der Waals surface area contributed by atoms with Gasteiger partial charge in [0.1, 0.15) is 0 Å². The summed E-state index contributed by atoms with van der Waals surface area (Å²) in [5.74, 6) is 0.463. The minimum atomic E-state index is -0.664. The number of amides is 1. The molecule has 2 heterocycles. The number of rotatable bonds is 3. The SMILES string of the molecule is Cc1nc(C)c(C(=O)N2C[C@@H](O)[C@@]3(C2)[C@H](CO)[C@H]3c2ccccc2)o1. The summed E-state index contributed by atoms with van der Waals surface area (Å²) in [5, 5.41) is 20.6. The molecule has 2 N–H and O–H groups in total.